The fourth-order valence-electron chi connectivity index (χ4n) is 3.31. The molecule has 0 saturated carbocycles. The van der Waals surface area contributed by atoms with Crippen LogP contribution in [0.1, 0.15) is 19.4 Å². The lowest BCUT2D eigenvalue weighted by Crippen LogP contribution is -2.51. The average Bonchev–Trinajstić information content (AvgIpc) is 3.08. The molecule has 0 radical (unpaired) electrons. The number of fused-ring (bicyclic) bond motifs is 2. The zero-order chi connectivity index (χ0) is 16.6. The van der Waals surface area contributed by atoms with E-state index in [4.69, 9.17) is 4.74 Å². The zero-order valence-electron chi connectivity index (χ0n) is 13.7. The van der Waals surface area contributed by atoms with Crippen LogP contribution in [0.15, 0.2) is 24.3 Å². The van der Waals surface area contributed by atoms with E-state index in [9.17, 15) is 9.59 Å². The number of thioether (sulfide) groups is 1. The quantitative estimate of drug-likeness (QED) is 0.846. The Bertz CT molecular complexity index is 634. The van der Waals surface area contributed by atoms with Crippen molar-refractivity contribution >= 4 is 29.3 Å². The molecule has 0 aromatic heterocycles. The van der Waals surface area contributed by atoms with Gasteiger partial charge in [0.15, 0.2) is 4.87 Å². The van der Waals surface area contributed by atoms with Crippen LogP contribution in [-0.2, 0) is 19.2 Å². The molecule has 23 heavy (non-hydrogen) atoms. The van der Waals surface area contributed by atoms with Gasteiger partial charge >= 0.3 is 0 Å². The number of amides is 2. The molecule has 0 bridgehead atoms. The maximum Gasteiger partial charge on any atom is 0.268 e. The number of carbonyl (C=O) groups is 2. The van der Waals surface area contributed by atoms with Gasteiger partial charge in [0.2, 0.25) is 5.91 Å². The summed E-state index contributed by atoms with van der Waals surface area (Å²) in [5.41, 5.74) is 1.82. The third-order valence-electron chi connectivity index (χ3n) is 4.38. The monoisotopic (exact) mass is 334 g/mol. The first kappa shape index (κ1) is 16.3. The summed E-state index contributed by atoms with van der Waals surface area (Å²) in [6.07, 6.45) is 0. The molecule has 1 atom stereocenters. The Balaban J connectivity index is 2.08. The molecule has 2 heterocycles. The van der Waals surface area contributed by atoms with Gasteiger partial charge in [-0.05, 0) is 6.07 Å². The standard InChI is InChI=1S/C17H22N2O3S/c1-12(2)15(20)19-9-11-23-17(19)13-6-4-5-7-14(13)18(16(17)21)8-10-22-3/h4-7,12H,8-11H2,1-3H3. The number of methoxy groups -OCH3 is 1. The molecule has 1 fully saturated rings. The van der Waals surface area contributed by atoms with Gasteiger partial charge in [-0.1, -0.05) is 32.0 Å². The number of hydrogen-bond donors (Lipinski definition) is 0. The van der Waals surface area contributed by atoms with Gasteiger partial charge in [-0.2, -0.15) is 0 Å². The van der Waals surface area contributed by atoms with Crippen molar-refractivity contribution in [2.75, 3.05) is 37.5 Å². The molecule has 2 aliphatic rings. The molecule has 5 nitrogen and oxygen atoms in total. The van der Waals surface area contributed by atoms with Crippen molar-refractivity contribution in [2.24, 2.45) is 5.92 Å². The second-order valence-corrected chi connectivity index (χ2v) is 7.39. The van der Waals surface area contributed by atoms with Crippen molar-refractivity contribution in [1.82, 2.24) is 4.90 Å². The molecule has 124 valence electrons. The Morgan fingerprint density at radius 3 is 2.83 bits per heavy atom. The van der Waals surface area contributed by atoms with Crippen molar-refractivity contribution in [3.8, 4) is 0 Å². The molecule has 0 aliphatic carbocycles. The Hall–Kier alpha value is -1.53. The average molecular weight is 334 g/mol. The van der Waals surface area contributed by atoms with Crippen LogP contribution in [0.3, 0.4) is 0 Å². The van der Waals surface area contributed by atoms with Crippen LogP contribution in [0.2, 0.25) is 0 Å². The highest BCUT2D eigenvalue weighted by atomic mass is 32.2. The van der Waals surface area contributed by atoms with Crippen molar-refractivity contribution in [3.63, 3.8) is 0 Å². The van der Waals surface area contributed by atoms with Gasteiger partial charge < -0.3 is 14.5 Å². The minimum Gasteiger partial charge on any atom is -0.383 e. The number of benzene rings is 1. The molecule has 1 saturated heterocycles. The van der Waals surface area contributed by atoms with Crippen LogP contribution >= 0.6 is 11.8 Å². The third-order valence-corrected chi connectivity index (χ3v) is 5.80. The van der Waals surface area contributed by atoms with Crippen LogP contribution < -0.4 is 4.90 Å². The van der Waals surface area contributed by atoms with Gasteiger partial charge in [-0.25, -0.2) is 0 Å². The van der Waals surface area contributed by atoms with Gasteiger partial charge in [0.1, 0.15) is 0 Å². The topological polar surface area (TPSA) is 49.9 Å². The summed E-state index contributed by atoms with van der Waals surface area (Å²) in [4.78, 5) is 28.6. The Kier molecular flexibility index (Phi) is 4.38. The van der Waals surface area contributed by atoms with E-state index in [-0.39, 0.29) is 17.7 Å². The predicted octanol–water partition coefficient (Wildman–Crippen LogP) is 2.06. The molecular formula is C17H22N2O3S. The molecule has 3 rings (SSSR count). The fraction of sp³-hybridized carbons (Fsp3) is 0.529. The van der Waals surface area contributed by atoms with E-state index in [2.05, 4.69) is 0 Å². The minimum absolute atomic E-state index is 0.0211. The normalized spacial score (nSPS) is 23.2. The van der Waals surface area contributed by atoms with Gasteiger partial charge in [0, 0.05) is 37.4 Å². The first-order valence-corrected chi connectivity index (χ1v) is 8.88. The molecular weight excluding hydrogens is 312 g/mol. The Labute approximate surface area is 141 Å². The van der Waals surface area contributed by atoms with Crippen LogP contribution in [0.5, 0.6) is 0 Å². The number of nitrogens with zero attached hydrogens (tertiary/aromatic N) is 2. The SMILES string of the molecule is COCCN1C(=O)C2(SCCN2C(=O)C(C)C)c2ccccc21. The highest BCUT2D eigenvalue weighted by Gasteiger charge is 2.59. The number of para-hydroxylation sites is 1. The van der Waals surface area contributed by atoms with Crippen LogP contribution in [-0.4, -0.2) is 49.3 Å². The van der Waals surface area contributed by atoms with E-state index in [1.54, 1.807) is 28.7 Å². The van der Waals surface area contributed by atoms with Crippen molar-refractivity contribution in [1.29, 1.82) is 0 Å². The highest BCUT2D eigenvalue weighted by Crippen LogP contribution is 2.54. The van der Waals surface area contributed by atoms with E-state index in [0.717, 1.165) is 17.0 Å². The molecule has 6 heteroatoms. The number of anilines is 1. The third kappa shape index (κ3) is 2.35. The van der Waals surface area contributed by atoms with Crippen molar-refractivity contribution in [2.45, 2.75) is 18.7 Å². The zero-order valence-corrected chi connectivity index (χ0v) is 14.6. The molecule has 1 unspecified atom stereocenters. The van der Waals surface area contributed by atoms with Crippen molar-refractivity contribution < 1.29 is 14.3 Å². The van der Waals surface area contributed by atoms with E-state index >= 15 is 0 Å². The van der Waals surface area contributed by atoms with Gasteiger partial charge in [0.25, 0.3) is 5.91 Å². The minimum atomic E-state index is -0.897. The second kappa shape index (κ2) is 6.17. The summed E-state index contributed by atoms with van der Waals surface area (Å²) in [6, 6.07) is 7.79. The van der Waals surface area contributed by atoms with Gasteiger partial charge in [-0.3, -0.25) is 9.59 Å². The smallest absolute Gasteiger partial charge is 0.268 e. The highest BCUT2D eigenvalue weighted by molar-refractivity contribution is 8.01. The van der Waals surface area contributed by atoms with E-state index in [0.29, 0.717) is 19.7 Å². The molecule has 2 amide bonds. The van der Waals surface area contributed by atoms with Crippen LogP contribution in [0, 0.1) is 5.92 Å². The predicted molar refractivity (Wildman–Crippen MR) is 91.4 cm³/mol. The number of hydrogen-bond acceptors (Lipinski definition) is 4. The summed E-state index contributed by atoms with van der Waals surface area (Å²) in [7, 11) is 1.63. The molecule has 1 aromatic rings. The summed E-state index contributed by atoms with van der Waals surface area (Å²) in [5, 5.41) is 0. The Morgan fingerprint density at radius 2 is 2.13 bits per heavy atom. The van der Waals surface area contributed by atoms with Gasteiger partial charge in [-0.15, -0.1) is 11.8 Å². The first-order chi connectivity index (χ1) is 11.0. The van der Waals surface area contributed by atoms with Gasteiger partial charge in [0.05, 0.1) is 12.3 Å². The molecule has 2 aliphatic heterocycles. The summed E-state index contributed by atoms with van der Waals surface area (Å²) < 4.78 is 5.15. The largest absolute Gasteiger partial charge is 0.383 e. The summed E-state index contributed by atoms with van der Waals surface area (Å²) >= 11 is 1.57. The van der Waals surface area contributed by atoms with E-state index in [1.807, 2.05) is 38.1 Å². The molecule has 1 spiro atoms. The summed E-state index contributed by atoms with van der Waals surface area (Å²) in [6.45, 7) is 5.34. The number of ether oxygens (including phenoxy) is 1. The van der Waals surface area contributed by atoms with E-state index in [1.165, 1.54) is 0 Å². The van der Waals surface area contributed by atoms with Crippen LogP contribution in [0.25, 0.3) is 0 Å². The lowest BCUT2D eigenvalue weighted by Gasteiger charge is -2.34. The maximum atomic E-state index is 13.3. The first-order valence-electron chi connectivity index (χ1n) is 7.90. The molecule has 1 aromatic carbocycles. The number of carbonyl (C=O) groups excluding carboxylic acids is 2. The molecule has 0 N–H and O–H groups in total. The van der Waals surface area contributed by atoms with Crippen molar-refractivity contribution in [3.05, 3.63) is 29.8 Å². The second-order valence-electron chi connectivity index (χ2n) is 6.10. The lowest BCUT2D eigenvalue weighted by atomic mass is 10.0. The van der Waals surface area contributed by atoms with Crippen LogP contribution in [0.4, 0.5) is 5.69 Å². The lowest BCUT2D eigenvalue weighted by molar-refractivity contribution is -0.142. The fourth-order valence-corrected chi connectivity index (χ4v) is 4.77. The maximum absolute atomic E-state index is 13.3. The van der Waals surface area contributed by atoms with E-state index < -0.39 is 4.87 Å². The summed E-state index contributed by atoms with van der Waals surface area (Å²) in [5.74, 6) is 0.661. The number of rotatable bonds is 4. The Morgan fingerprint density at radius 1 is 1.39 bits per heavy atom.